The Morgan fingerprint density at radius 2 is 2.25 bits per heavy atom. The number of benzene rings is 1. The predicted octanol–water partition coefficient (Wildman–Crippen LogP) is 2.04. The molecule has 88 valence electrons. The number of methoxy groups -OCH3 is 1. The predicted molar refractivity (Wildman–Crippen MR) is 67.2 cm³/mol. The second kappa shape index (κ2) is 7.04. The summed E-state index contributed by atoms with van der Waals surface area (Å²) in [6.07, 6.45) is 4.73. The molecule has 3 N–H and O–H groups in total. The number of allylic oxidation sites excluding steroid dienone is 1. The fourth-order valence-electron chi connectivity index (χ4n) is 1.70. The van der Waals surface area contributed by atoms with Crippen LogP contribution in [0.2, 0.25) is 0 Å². The SMILES string of the molecule is C=CCCC(Cc1ccccc1OC)NN. The monoisotopic (exact) mass is 220 g/mol. The van der Waals surface area contributed by atoms with Gasteiger partial charge in [0, 0.05) is 6.04 Å². The van der Waals surface area contributed by atoms with Crippen LogP contribution in [-0.4, -0.2) is 13.2 Å². The highest BCUT2D eigenvalue weighted by Gasteiger charge is 2.09. The second-order valence-corrected chi connectivity index (χ2v) is 3.75. The van der Waals surface area contributed by atoms with Crippen LogP contribution >= 0.6 is 0 Å². The van der Waals surface area contributed by atoms with Crippen LogP contribution in [0, 0.1) is 0 Å². The summed E-state index contributed by atoms with van der Waals surface area (Å²) in [5.41, 5.74) is 4.01. The fraction of sp³-hybridized carbons (Fsp3) is 0.385. The van der Waals surface area contributed by atoms with E-state index in [9.17, 15) is 0 Å². The Bertz CT molecular complexity index is 325. The van der Waals surface area contributed by atoms with Crippen molar-refractivity contribution in [3.63, 3.8) is 0 Å². The average Bonchev–Trinajstić information content (AvgIpc) is 2.34. The molecule has 0 heterocycles. The highest BCUT2D eigenvalue weighted by Crippen LogP contribution is 2.19. The summed E-state index contributed by atoms with van der Waals surface area (Å²) >= 11 is 0. The van der Waals surface area contributed by atoms with Gasteiger partial charge in [0.25, 0.3) is 0 Å². The van der Waals surface area contributed by atoms with Crippen molar-refractivity contribution < 1.29 is 4.74 Å². The first-order valence-corrected chi connectivity index (χ1v) is 5.50. The Balaban J connectivity index is 2.65. The Morgan fingerprint density at radius 1 is 1.50 bits per heavy atom. The number of hydrazine groups is 1. The van der Waals surface area contributed by atoms with Crippen LogP contribution in [-0.2, 0) is 6.42 Å². The minimum absolute atomic E-state index is 0.259. The minimum Gasteiger partial charge on any atom is -0.496 e. The molecule has 0 saturated carbocycles. The van der Waals surface area contributed by atoms with Gasteiger partial charge in [-0.1, -0.05) is 24.3 Å². The summed E-state index contributed by atoms with van der Waals surface area (Å²) < 4.78 is 5.31. The first kappa shape index (κ1) is 12.7. The van der Waals surface area contributed by atoms with Gasteiger partial charge in [0.1, 0.15) is 5.75 Å². The van der Waals surface area contributed by atoms with Crippen molar-refractivity contribution in [2.75, 3.05) is 7.11 Å². The van der Waals surface area contributed by atoms with E-state index < -0.39 is 0 Å². The lowest BCUT2D eigenvalue weighted by atomic mass is 10.0. The molecule has 0 aliphatic heterocycles. The van der Waals surface area contributed by atoms with Crippen LogP contribution in [0.1, 0.15) is 18.4 Å². The summed E-state index contributed by atoms with van der Waals surface area (Å²) in [4.78, 5) is 0. The summed E-state index contributed by atoms with van der Waals surface area (Å²) in [5.74, 6) is 6.45. The number of hydrogen-bond donors (Lipinski definition) is 2. The molecule has 0 aliphatic carbocycles. The fourth-order valence-corrected chi connectivity index (χ4v) is 1.70. The molecule has 0 spiro atoms. The zero-order valence-electron chi connectivity index (χ0n) is 9.78. The van der Waals surface area contributed by atoms with Gasteiger partial charge in [0.05, 0.1) is 7.11 Å². The zero-order valence-corrected chi connectivity index (χ0v) is 9.78. The number of hydrogen-bond acceptors (Lipinski definition) is 3. The van der Waals surface area contributed by atoms with Gasteiger partial charge >= 0.3 is 0 Å². The summed E-state index contributed by atoms with van der Waals surface area (Å²) in [6, 6.07) is 8.28. The molecule has 1 atom stereocenters. The van der Waals surface area contributed by atoms with Crippen molar-refractivity contribution in [2.24, 2.45) is 5.84 Å². The van der Waals surface area contributed by atoms with E-state index in [-0.39, 0.29) is 6.04 Å². The van der Waals surface area contributed by atoms with Crippen molar-refractivity contribution in [3.05, 3.63) is 42.5 Å². The number of rotatable bonds is 7. The normalized spacial score (nSPS) is 12.1. The summed E-state index contributed by atoms with van der Waals surface area (Å²) in [7, 11) is 1.69. The largest absolute Gasteiger partial charge is 0.496 e. The molecule has 1 rings (SSSR count). The van der Waals surface area contributed by atoms with Crippen molar-refractivity contribution in [1.29, 1.82) is 0 Å². The minimum atomic E-state index is 0.259. The molecule has 16 heavy (non-hydrogen) atoms. The molecule has 0 amide bonds. The van der Waals surface area contributed by atoms with E-state index in [0.717, 1.165) is 25.0 Å². The first-order chi connectivity index (χ1) is 7.81. The average molecular weight is 220 g/mol. The van der Waals surface area contributed by atoms with Gasteiger partial charge < -0.3 is 4.74 Å². The van der Waals surface area contributed by atoms with E-state index in [1.165, 1.54) is 5.56 Å². The van der Waals surface area contributed by atoms with Crippen molar-refractivity contribution in [2.45, 2.75) is 25.3 Å². The number of ether oxygens (including phenoxy) is 1. The molecule has 1 aromatic carbocycles. The second-order valence-electron chi connectivity index (χ2n) is 3.75. The third-order valence-electron chi connectivity index (χ3n) is 2.61. The summed E-state index contributed by atoms with van der Waals surface area (Å²) in [6.45, 7) is 3.71. The van der Waals surface area contributed by atoms with Gasteiger partial charge in [0.15, 0.2) is 0 Å². The molecular formula is C13H20N2O. The van der Waals surface area contributed by atoms with Crippen molar-refractivity contribution >= 4 is 0 Å². The molecule has 0 radical (unpaired) electrons. The first-order valence-electron chi connectivity index (χ1n) is 5.50. The molecule has 0 bridgehead atoms. The lowest BCUT2D eigenvalue weighted by molar-refractivity contribution is 0.403. The topological polar surface area (TPSA) is 47.3 Å². The van der Waals surface area contributed by atoms with Crippen LogP contribution in [0.3, 0.4) is 0 Å². The van der Waals surface area contributed by atoms with Crippen LogP contribution < -0.4 is 16.0 Å². The Labute approximate surface area is 97.3 Å². The maximum atomic E-state index is 5.53. The van der Waals surface area contributed by atoms with E-state index in [1.807, 2.05) is 24.3 Å². The van der Waals surface area contributed by atoms with Crippen LogP contribution in [0.4, 0.5) is 0 Å². The lowest BCUT2D eigenvalue weighted by Gasteiger charge is -2.16. The maximum absolute atomic E-state index is 5.53. The number of nitrogens with two attached hydrogens (primary N) is 1. The van der Waals surface area contributed by atoms with E-state index in [2.05, 4.69) is 18.1 Å². The molecule has 0 aromatic heterocycles. The van der Waals surface area contributed by atoms with E-state index in [0.29, 0.717) is 0 Å². The molecule has 0 fully saturated rings. The maximum Gasteiger partial charge on any atom is 0.122 e. The van der Waals surface area contributed by atoms with Crippen LogP contribution in [0.5, 0.6) is 5.75 Å². The quantitative estimate of drug-likeness (QED) is 0.420. The van der Waals surface area contributed by atoms with E-state index in [1.54, 1.807) is 7.11 Å². The molecule has 1 unspecified atom stereocenters. The zero-order chi connectivity index (χ0) is 11.8. The van der Waals surface area contributed by atoms with E-state index >= 15 is 0 Å². The molecule has 0 aliphatic rings. The molecule has 3 heteroatoms. The molecular weight excluding hydrogens is 200 g/mol. The van der Waals surface area contributed by atoms with Gasteiger partial charge in [-0.3, -0.25) is 11.3 Å². The van der Waals surface area contributed by atoms with Gasteiger partial charge in [-0.2, -0.15) is 0 Å². The standard InChI is InChI=1S/C13H20N2O/c1-3-4-8-12(15-14)10-11-7-5-6-9-13(11)16-2/h3,5-7,9,12,15H,1,4,8,10,14H2,2H3. The Morgan fingerprint density at radius 3 is 2.88 bits per heavy atom. The number of nitrogens with one attached hydrogen (secondary N) is 1. The van der Waals surface area contributed by atoms with Gasteiger partial charge in [-0.15, -0.1) is 6.58 Å². The third kappa shape index (κ3) is 3.68. The molecule has 1 aromatic rings. The number of para-hydroxylation sites is 1. The van der Waals surface area contributed by atoms with Crippen molar-refractivity contribution in [3.8, 4) is 5.75 Å². The highest BCUT2D eigenvalue weighted by molar-refractivity contribution is 5.33. The van der Waals surface area contributed by atoms with E-state index in [4.69, 9.17) is 10.6 Å². The third-order valence-corrected chi connectivity index (χ3v) is 2.61. The smallest absolute Gasteiger partial charge is 0.122 e. The van der Waals surface area contributed by atoms with Gasteiger partial charge in [-0.05, 0) is 30.9 Å². The highest BCUT2D eigenvalue weighted by atomic mass is 16.5. The lowest BCUT2D eigenvalue weighted by Crippen LogP contribution is -2.36. The van der Waals surface area contributed by atoms with Gasteiger partial charge in [0.2, 0.25) is 0 Å². The van der Waals surface area contributed by atoms with Crippen LogP contribution in [0.25, 0.3) is 0 Å². The van der Waals surface area contributed by atoms with Gasteiger partial charge in [-0.25, -0.2) is 0 Å². The molecule has 3 nitrogen and oxygen atoms in total. The Kier molecular flexibility index (Phi) is 5.61. The summed E-state index contributed by atoms with van der Waals surface area (Å²) in [5, 5.41) is 0. The molecule has 0 saturated heterocycles. The van der Waals surface area contributed by atoms with Crippen molar-refractivity contribution in [1.82, 2.24) is 5.43 Å². The Hall–Kier alpha value is -1.32. The van der Waals surface area contributed by atoms with Crippen LogP contribution in [0.15, 0.2) is 36.9 Å².